The smallest absolute Gasteiger partial charge is 0.230 e. The van der Waals surface area contributed by atoms with Gasteiger partial charge in [0.05, 0.1) is 24.7 Å². The molecule has 7 nitrogen and oxygen atoms in total. The van der Waals surface area contributed by atoms with Gasteiger partial charge in [-0.25, -0.2) is 4.39 Å². The fourth-order valence-electron chi connectivity index (χ4n) is 2.74. The first kappa shape index (κ1) is 21.8. The highest BCUT2D eigenvalue weighted by Crippen LogP contribution is 2.30. The number of hydrogen-bond acceptors (Lipinski definition) is 6. The summed E-state index contributed by atoms with van der Waals surface area (Å²) in [6.45, 7) is 3.34. The minimum atomic E-state index is -0.407. The lowest BCUT2D eigenvalue weighted by molar-refractivity contribution is -0.118. The largest absolute Gasteiger partial charge is 0.494 e. The van der Waals surface area contributed by atoms with E-state index in [1.165, 1.54) is 17.8 Å². The van der Waals surface area contributed by atoms with Crippen LogP contribution in [0.15, 0.2) is 53.7 Å². The number of thioether (sulfide) groups is 1. The normalized spacial score (nSPS) is 10.8. The monoisotopic (exact) mass is 430 g/mol. The summed E-state index contributed by atoms with van der Waals surface area (Å²) in [5.41, 5.74) is 1.07. The molecule has 1 N–H and O–H groups in total. The number of ether oxygens (including phenoxy) is 2. The van der Waals surface area contributed by atoms with Crippen LogP contribution in [0, 0.1) is 5.82 Å². The highest BCUT2D eigenvalue weighted by Gasteiger charge is 2.19. The highest BCUT2D eigenvalue weighted by molar-refractivity contribution is 7.99. The van der Waals surface area contributed by atoms with Crippen molar-refractivity contribution in [3.05, 3.63) is 54.3 Å². The summed E-state index contributed by atoms with van der Waals surface area (Å²) in [5, 5.41) is 11.6. The third-order valence-electron chi connectivity index (χ3n) is 4.11. The molecule has 0 aliphatic carbocycles. The van der Waals surface area contributed by atoms with Gasteiger partial charge in [-0.3, -0.25) is 9.36 Å². The van der Waals surface area contributed by atoms with Crippen LogP contribution in [-0.4, -0.2) is 53.3 Å². The first-order valence-corrected chi connectivity index (χ1v) is 10.4. The Bertz CT molecular complexity index is 979. The van der Waals surface area contributed by atoms with Crippen molar-refractivity contribution in [1.82, 2.24) is 20.1 Å². The fourth-order valence-corrected chi connectivity index (χ4v) is 3.52. The van der Waals surface area contributed by atoms with Crippen molar-refractivity contribution in [3.63, 3.8) is 0 Å². The SMILES string of the molecule is CCOc1ccc(-c2nnc(SCC(=O)NCCOC)n2-c2ccccc2F)cc1. The standard InChI is InChI=1S/C21H23FN4O3S/c1-3-29-16-10-8-15(9-11-16)20-24-25-21(30-14-19(27)23-12-13-28-2)26(20)18-7-5-4-6-17(18)22/h4-11H,3,12-14H2,1-2H3,(H,23,27). The summed E-state index contributed by atoms with van der Waals surface area (Å²) in [7, 11) is 1.57. The number of para-hydroxylation sites is 1. The van der Waals surface area contributed by atoms with Crippen LogP contribution in [0.3, 0.4) is 0 Å². The van der Waals surface area contributed by atoms with Gasteiger partial charge in [0.1, 0.15) is 11.6 Å². The molecular formula is C21H23FN4O3S. The van der Waals surface area contributed by atoms with E-state index in [-0.39, 0.29) is 11.7 Å². The van der Waals surface area contributed by atoms with Crippen molar-refractivity contribution in [1.29, 1.82) is 0 Å². The van der Waals surface area contributed by atoms with Gasteiger partial charge in [-0.1, -0.05) is 23.9 Å². The zero-order chi connectivity index (χ0) is 21.3. The summed E-state index contributed by atoms with van der Waals surface area (Å²) < 4.78 is 26.6. The molecule has 0 saturated heterocycles. The lowest BCUT2D eigenvalue weighted by atomic mass is 10.2. The molecule has 1 amide bonds. The van der Waals surface area contributed by atoms with E-state index in [4.69, 9.17) is 9.47 Å². The number of hydrogen-bond donors (Lipinski definition) is 1. The molecule has 0 fully saturated rings. The highest BCUT2D eigenvalue weighted by atomic mass is 32.2. The summed E-state index contributed by atoms with van der Waals surface area (Å²) in [6.07, 6.45) is 0. The molecule has 0 saturated carbocycles. The number of rotatable bonds is 10. The van der Waals surface area contributed by atoms with Gasteiger partial charge < -0.3 is 14.8 Å². The molecule has 0 atom stereocenters. The Hall–Kier alpha value is -2.91. The van der Waals surface area contributed by atoms with Crippen LogP contribution >= 0.6 is 11.8 Å². The van der Waals surface area contributed by atoms with Crippen LogP contribution in [0.1, 0.15) is 6.92 Å². The minimum Gasteiger partial charge on any atom is -0.494 e. The summed E-state index contributed by atoms with van der Waals surface area (Å²) >= 11 is 1.19. The fraction of sp³-hybridized carbons (Fsp3) is 0.286. The van der Waals surface area contributed by atoms with Crippen LogP contribution in [0.25, 0.3) is 17.1 Å². The molecule has 0 radical (unpaired) electrons. The van der Waals surface area contributed by atoms with Gasteiger partial charge in [0.25, 0.3) is 0 Å². The Labute approximate surface area is 178 Å². The first-order chi connectivity index (χ1) is 14.6. The van der Waals surface area contributed by atoms with Gasteiger partial charge in [0.2, 0.25) is 5.91 Å². The summed E-state index contributed by atoms with van der Waals surface area (Å²) in [5.74, 6) is 0.768. The van der Waals surface area contributed by atoms with E-state index in [0.717, 1.165) is 11.3 Å². The number of aromatic nitrogens is 3. The predicted octanol–water partition coefficient (Wildman–Crippen LogP) is 3.33. The van der Waals surface area contributed by atoms with Gasteiger partial charge in [-0.2, -0.15) is 0 Å². The lowest BCUT2D eigenvalue weighted by Crippen LogP contribution is -2.28. The van der Waals surface area contributed by atoms with E-state index in [9.17, 15) is 9.18 Å². The van der Waals surface area contributed by atoms with E-state index in [0.29, 0.717) is 36.4 Å². The van der Waals surface area contributed by atoms with Crippen LogP contribution in [0.5, 0.6) is 5.75 Å². The number of amides is 1. The van der Waals surface area contributed by atoms with E-state index in [2.05, 4.69) is 15.5 Å². The molecule has 0 unspecified atom stereocenters. The van der Waals surface area contributed by atoms with Crippen molar-refractivity contribution < 1.29 is 18.7 Å². The van der Waals surface area contributed by atoms with Crippen molar-refractivity contribution in [3.8, 4) is 22.8 Å². The Morgan fingerprint density at radius 1 is 1.17 bits per heavy atom. The van der Waals surface area contributed by atoms with Gasteiger partial charge >= 0.3 is 0 Å². The van der Waals surface area contributed by atoms with E-state index in [1.807, 2.05) is 31.2 Å². The molecule has 0 bridgehead atoms. The number of carbonyl (C=O) groups excluding carboxylic acids is 1. The summed E-state index contributed by atoms with van der Waals surface area (Å²) in [4.78, 5) is 12.0. The molecule has 2 aromatic carbocycles. The van der Waals surface area contributed by atoms with Crippen LogP contribution in [0.4, 0.5) is 4.39 Å². The maximum Gasteiger partial charge on any atom is 0.230 e. The topological polar surface area (TPSA) is 78.3 Å². The summed E-state index contributed by atoms with van der Waals surface area (Å²) in [6, 6.07) is 13.7. The molecule has 9 heteroatoms. The molecule has 3 rings (SSSR count). The molecule has 1 heterocycles. The first-order valence-electron chi connectivity index (χ1n) is 9.46. The third kappa shape index (κ3) is 5.37. The van der Waals surface area contributed by atoms with Crippen molar-refractivity contribution >= 4 is 17.7 Å². The lowest BCUT2D eigenvalue weighted by Gasteiger charge is -2.12. The van der Waals surface area contributed by atoms with Crippen LogP contribution in [-0.2, 0) is 9.53 Å². The Morgan fingerprint density at radius 2 is 1.93 bits per heavy atom. The average Bonchev–Trinajstić information content (AvgIpc) is 3.17. The van der Waals surface area contributed by atoms with E-state index < -0.39 is 5.82 Å². The van der Waals surface area contributed by atoms with Crippen LogP contribution < -0.4 is 10.1 Å². The number of nitrogens with zero attached hydrogens (tertiary/aromatic N) is 3. The molecule has 1 aromatic heterocycles. The van der Waals surface area contributed by atoms with Gasteiger partial charge in [0, 0.05) is 19.2 Å². The molecule has 30 heavy (non-hydrogen) atoms. The average molecular weight is 431 g/mol. The zero-order valence-electron chi connectivity index (χ0n) is 16.8. The number of halogens is 1. The van der Waals surface area contributed by atoms with E-state index >= 15 is 0 Å². The zero-order valence-corrected chi connectivity index (χ0v) is 17.6. The third-order valence-corrected chi connectivity index (χ3v) is 5.04. The van der Waals surface area contributed by atoms with Gasteiger partial charge in [0.15, 0.2) is 11.0 Å². The number of nitrogens with one attached hydrogen (secondary N) is 1. The number of methoxy groups -OCH3 is 1. The Morgan fingerprint density at radius 3 is 2.63 bits per heavy atom. The van der Waals surface area contributed by atoms with Gasteiger partial charge in [-0.05, 0) is 43.3 Å². The molecule has 0 aliphatic rings. The second kappa shape index (κ2) is 10.7. The van der Waals surface area contributed by atoms with Crippen molar-refractivity contribution in [2.75, 3.05) is 32.6 Å². The molecular weight excluding hydrogens is 407 g/mol. The predicted molar refractivity (Wildman–Crippen MR) is 114 cm³/mol. The molecule has 158 valence electrons. The maximum atomic E-state index is 14.6. The molecule has 3 aromatic rings. The number of benzene rings is 2. The Kier molecular flexibility index (Phi) is 7.81. The Balaban J connectivity index is 1.90. The second-order valence-electron chi connectivity index (χ2n) is 6.18. The maximum absolute atomic E-state index is 14.6. The van der Waals surface area contributed by atoms with Gasteiger partial charge in [-0.15, -0.1) is 10.2 Å². The number of carbonyl (C=O) groups is 1. The van der Waals surface area contributed by atoms with Crippen molar-refractivity contribution in [2.45, 2.75) is 12.1 Å². The quantitative estimate of drug-likeness (QED) is 0.393. The van der Waals surface area contributed by atoms with Crippen molar-refractivity contribution in [2.24, 2.45) is 0 Å². The molecule has 0 aliphatic heterocycles. The van der Waals surface area contributed by atoms with Crippen LogP contribution in [0.2, 0.25) is 0 Å². The van der Waals surface area contributed by atoms with E-state index in [1.54, 1.807) is 29.9 Å². The second-order valence-corrected chi connectivity index (χ2v) is 7.12. The molecule has 0 spiro atoms. The minimum absolute atomic E-state index is 0.125.